The van der Waals surface area contributed by atoms with Gasteiger partial charge in [-0.05, 0) is 24.6 Å². The van der Waals surface area contributed by atoms with Crippen LogP contribution in [0.2, 0.25) is 0 Å². The molecule has 1 aromatic carbocycles. The minimum absolute atomic E-state index is 0.126. The second-order valence-corrected chi connectivity index (χ2v) is 4.24. The van der Waals surface area contributed by atoms with Crippen molar-refractivity contribution in [3.8, 4) is 5.75 Å². The van der Waals surface area contributed by atoms with E-state index in [1.54, 1.807) is 14.0 Å². The van der Waals surface area contributed by atoms with Crippen molar-refractivity contribution in [3.05, 3.63) is 29.8 Å². The van der Waals surface area contributed by atoms with E-state index in [4.69, 9.17) is 10.5 Å². The smallest absolute Gasteiger partial charge is 0.224 e. The largest absolute Gasteiger partial charge is 0.497 e. The number of carbonyl (C=O) groups is 1. The van der Waals surface area contributed by atoms with Gasteiger partial charge < -0.3 is 20.9 Å². The number of methoxy groups -OCH3 is 1. The first kappa shape index (κ1) is 14.5. The van der Waals surface area contributed by atoms with Crippen LogP contribution >= 0.6 is 0 Å². The van der Waals surface area contributed by atoms with Gasteiger partial charge in [-0.2, -0.15) is 0 Å². The quantitative estimate of drug-likeness (QED) is 0.668. The summed E-state index contributed by atoms with van der Waals surface area (Å²) in [7, 11) is 1.58. The van der Waals surface area contributed by atoms with E-state index in [0.717, 1.165) is 11.3 Å². The second kappa shape index (κ2) is 6.98. The molecule has 0 heterocycles. The summed E-state index contributed by atoms with van der Waals surface area (Å²) < 4.78 is 5.08. The number of nitrogens with two attached hydrogens (primary N) is 1. The molecule has 2 atom stereocenters. The summed E-state index contributed by atoms with van der Waals surface area (Å²) in [6, 6.07) is 6.89. The summed E-state index contributed by atoms with van der Waals surface area (Å²) in [5.74, 6) is 0.598. The fraction of sp³-hybridized carbons (Fsp3) is 0.462. The Morgan fingerprint density at radius 1 is 1.56 bits per heavy atom. The number of benzene rings is 1. The van der Waals surface area contributed by atoms with Gasteiger partial charge in [0.05, 0.1) is 19.6 Å². The van der Waals surface area contributed by atoms with Crippen LogP contribution in [0.25, 0.3) is 0 Å². The van der Waals surface area contributed by atoms with E-state index in [2.05, 4.69) is 5.32 Å². The molecule has 4 N–H and O–H groups in total. The van der Waals surface area contributed by atoms with Gasteiger partial charge in [-0.15, -0.1) is 0 Å². The first-order valence-corrected chi connectivity index (χ1v) is 5.86. The number of hydrogen-bond donors (Lipinski definition) is 3. The standard InChI is InChI=1S/C13H20N2O3/c1-9(16)12(14)8-15-13(17)7-10-4-3-5-11(6-10)18-2/h3-6,9,12,16H,7-8,14H2,1-2H3,(H,15,17). The molecule has 0 radical (unpaired) electrons. The summed E-state index contributed by atoms with van der Waals surface area (Å²) in [5.41, 5.74) is 6.49. The molecule has 5 heteroatoms. The van der Waals surface area contributed by atoms with Crippen LogP contribution in [0.15, 0.2) is 24.3 Å². The molecule has 0 saturated heterocycles. The normalized spacial score (nSPS) is 13.8. The SMILES string of the molecule is COc1cccc(CC(=O)NCC(N)C(C)O)c1. The van der Waals surface area contributed by atoms with Crippen LogP contribution in [0, 0.1) is 0 Å². The van der Waals surface area contributed by atoms with Crippen molar-refractivity contribution in [2.24, 2.45) is 5.73 Å². The van der Waals surface area contributed by atoms with Crippen LogP contribution in [-0.4, -0.2) is 36.8 Å². The predicted octanol–water partition coefficient (Wildman–Crippen LogP) is 0.0620. The van der Waals surface area contributed by atoms with Crippen LogP contribution in [0.3, 0.4) is 0 Å². The van der Waals surface area contributed by atoms with E-state index in [-0.39, 0.29) is 18.9 Å². The van der Waals surface area contributed by atoms with Gasteiger partial charge >= 0.3 is 0 Å². The lowest BCUT2D eigenvalue weighted by Crippen LogP contribution is -2.44. The molecule has 0 bridgehead atoms. The molecule has 0 spiro atoms. The predicted molar refractivity (Wildman–Crippen MR) is 69.4 cm³/mol. The van der Waals surface area contributed by atoms with Crippen LogP contribution in [0.5, 0.6) is 5.75 Å². The number of aliphatic hydroxyl groups is 1. The average molecular weight is 252 g/mol. The molecule has 0 saturated carbocycles. The molecule has 0 aromatic heterocycles. The number of hydrogen-bond acceptors (Lipinski definition) is 4. The minimum atomic E-state index is -0.637. The maximum absolute atomic E-state index is 11.7. The first-order chi connectivity index (χ1) is 8.52. The highest BCUT2D eigenvalue weighted by Crippen LogP contribution is 2.12. The molecule has 1 aromatic rings. The van der Waals surface area contributed by atoms with Gasteiger partial charge in [-0.3, -0.25) is 4.79 Å². The minimum Gasteiger partial charge on any atom is -0.497 e. The van der Waals surface area contributed by atoms with E-state index >= 15 is 0 Å². The van der Waals surface area contributed by atoms with Crippen molar-refractivity contribution < 1.29 is 14.6 Å². The first-order valence-electron chi connectivity index (χ1n) is 5.86. The summed E-state index contributed by atoms with van der Waals surface area (Å²) in [6.45, 7) is 1.86. The Kier molecular flexibility index (Phi) is 5.61. The summed E-state index contributed by atoms with van der Waals surface area (Å²) in [4.78, 5) is 11.7. The number of aliphatic hydroxyl groups excluding tert-OH is 1. The maximum atomic E-state index is 11.7. The zero-order valence-electron chi connectivity index (χ0n) is 10.7. The number of rotatable bonds is 6. The Morgan fingerprint density at radius 3 is 2.89 bits per heavy atom. The van der Waals surface area contributed by atoms with Gasteiger partial charge in [0.15, 0.2) is 0 Å². The van der Waals surface area contributed by atoms with Crippen molar-refractivity contribution in [2.75, 3.05) is 13.7 Å². The zero-order valence-corrected chi connectivity index (χ0v) is 10.7. The Hall–Kier alpha value is -1.59. The second-order valence-electron chi connectivity index (χ2n) is 4.24. The third-order valence-electron chi connectivity index (χ3n) is 2.65. The zero-order chi connectivity index (χ0) is 13.5. The monoisotopic (exact) mass is 252 g/mol. The lowest BCUT2D eigenvalue weighted by Gasteiger charge is -2.15. The summed E-state index contributed by atoms with van der Waals surface area (Å²) >= 11 is 0. The molecule has 0 fully saturated rings. The lowest BCUT2D eigenvalue weighted by atomic mass is 10.1. The van der Waals surface area contributed by atoms with Crippen molar-refractivity contribution in [3.63, 3.8) is 0 Å². The molecule has 0 aliphatic heterocycles. The lowest BCUT2D eigenvalue weighted by molar-refractivity contribution is -0.120. The number of amides is 1. The van der Waals surface area contributed by atoms with Crippen LogP contribution in [0.4, 0.5) is 0 Å². The third kappa shape index (κ3) is 4.73. The van der Waals surface area contributed by atoms with Crippen molar-refractivity contribution in [2.45, 2.75) is 25.5 Å². The molecule has 100 valence electrons. The van der Waals surface area contributed by atoms with Crippen molar-refractivity contribution >= 4 is 5.91 Å². The van der Waals surface area contributed by atoms with Gasteiger partial charge in [-0.1, -0.05) is 12.1 Å². The molecule has 2 unspecified atom stereocenters. The topological polar surface area (TPSA) is 84.6 Å². The average Bonchev–Trinajstić information content (AvgIpc) is 2.36. The van der Waals surface area contributed by atoms with E-state index in [9.17, 15) is 9.90 Å². The van der Waals surface area contributed by atoms with E-state index in [1.165, 1.54) is 0 Å². The molecule has 1 amide bonds. The molecule has 0 aliphatic rings. The molecule has 18 heavy (non-hydrogen) atoms. The molecule has 0 aliphatic carbocycles. The number of carbonyl (C=O) groups excluding carboxylic acids is 1. The number of ether oxygens (including phenoxy) is 1. The van der Waals surface area contributed by atoms with Crippen LogP contribution in [0.1, 0.15) is 12.5 Å². The third-order valence-corrected chi connectivity index (χ3v) is 2.65. The fourth-order valence-electron chi connectivity index (χ4n) is 1.43. The molecular formula is C13H20N2O3. The van der Waals surface area contributed by atoms with Gasteiger partial charge in [0.25, 0.3) is 0 Å². The Bertz CT molecular complexity index is 394. The summed E-state index contributed by atoms with van der Waals surface area (Å²) in [5, 5.41) is 11.9. The molecule has 5 nitrogen and oxygen atoms in total. The van der Waals surface area contributed by atoms with Gasteiger partial charge in [0.1, 0.15) is 5.75 Å². The van der Waals surface area contributed by atoms with Crippen LogP contribution in [-0.2, 0) is 11.2 Å². The Labute approximate surface area is 107 Å². The van der Waals surface area contributed by atoms with Gasteiger partial charge in [-0.25, -0.2) is 0 Å². The van der Waals surface area contributed by atoms with E-state index in [1.807, 2.05) is 24.3 Å². The highest BCUT2D eigenvalue weighted by molar-refractivity contribution is 5.78. The van der Waals surface area contributed by atoms with Crippen LogP contribution < -0.4 is 15.8 Å². The highest BCUT2D eigenvalue weighted by Gasteiger charge is 2.11. The Morgan fingerprint density at radius 2 is 2.28 bits per heavy atom. The van der Waals surface area contributed by atoms with Crippen molar-refractivity contribution in [1.29, 1.82) is 0 Å². The highest BCUT2D eigenvalue weighted by atomic mass is 16.5. The number of nitrogens with one attached hydrogen (secondary N) is 1. The Balaban J connectivity index is 2.44. The van der Waals surface area contributed by atoms with E-state index in [0.29, 0.717) is 0 Å². The maximum Gasteiger partial charge on any atom is 0.224 e. The summed E-state index contributed by atoms with van der Waals surface area (Å²) in [6.07, 6.45) is -0.369. The van der Waals surface area contributed by atoms with Crippen molar-refractivity contribution in [1.82, 2.24) is 5.32 Å². The van der Waals surface area contributed by atoms with Gasteiger partial charge in [0.2, 0.25) is 5.91 Å². The van der Waals surface area contributed by atoms with Gasteiger partial charge in [0, 0.05) is 12.6 Å². The molecular weight excluding hydrogens is 232 g/mol. The van der Waals surface area contributed by atoms with E-state index < -0.39 is 12.1 Å². The molecule has 1 rings (SSSR count). The fourth-order valence-corrected chi connectivity index (χ4v) is 1.43.